The summed E-state index contributed by atoms with van der Waals surface area (Å²) in [6, 6.07) is 2.44. The van der Waals surface area contributed by atoms with Crippen molar-refractivity contribution in [2.24, 2.45) is 5.92 Å². The summed E-state index contributed by atoms with van der Waals surface area (Å²) in [5.41, 5.74) is 0.0419. The predicted molar refractivity (Wildman–Crippen MR) is 76.9 cm³/mol. The molecule has 0 unspecified atom stereocenters. The Morgan fingerprint density at radius 1 is 1.38 bits per heavy atom. The van der Waals surface area contributed by atoms with Gasteiger partial charge in [-0.05, 0) is 31.7 Å². The largest absolute Gasteiger partial charge is 0.493 e. The second-order valence-corrected chi connectivity index (χ2v) is 5.50. The third-order valence-electron chi connectivity index (χ3n) is 3.98. The van der Waals surface area contributed by atoms with Crippen LogP contribution in [0.15, 0.2) is 12.1 Å². The molecule has 0 aromatic heterocycles. The van der Waals surface area contributed by atoms with Crippen molar-refractivity contribution in [2.45, 2.75) is 39.0 Å². The van der Waals surface area contributed by atoms with E-state index in [1.54, 1.807) is 6.92 Å². The lowest BCUT2D eigenvalue weighted by Crippen LogP contribution is -2.16. The third-order valence-corrected chi connectivity index (χ3v) is 3.98. The summed E-state index contributed by atoms with van der Waals surface area (Å²) >= 11 is 0. The van der Waals surface area contributed by atoms with E-state index < -0.39 is 10.9 Å². The number of benzene rings is 1. The molecule has 0 atom stereocenters. The van der Waals surface area contributed by atoms with E-state index >= 15 is 0 Å². The van der Waals surface area contributed by atoms with E-state index in [4.69, 9.17) is 9.84 Å². The van der Waals surface area contributed by atoms with Gasteiger partial charge in [0.05, 0.1) is 22.7 Å². The maximum atomic E-state index is 11.1. The quantitative estimate of drug-likeness (QED) is 0.662. The first kappa shape index (κ1) is 15.3. The summed E-state index contributed by atoms with van der Waals surface area (Å²) in [6.45, 7) is 2.07. The normalized spacial score (nSPS) is 15.7. The number of ether oxygens (including phenoxy) is 1. The van der Waals surface area contributed by atoms with E-state index in [1.807, 2.05) is 0 Å². The van der Waals surface area contributed by atoms with Gasteiger partial charge in [-0.15, -0.1) is 0 Å². The fourth-order valence-electron chi connectivity index (χ4n) is 2.70. The van der Waals surface area contributed by atoms with Crippen molar-refractivity contribution in [1.29, 1.82) is 0 Å². The lowest BCUT2D eigenvalue weighted by atomic mass is 9.90. The number of aromatic carboxylic acids is 1. The van der Waals surface area contributed by atoms with Gasteiger partial charge >= 0.3 is 5.97 Å². The van der Waals surface area contributed by atoms with Crippen molar-refractivity contribution in [3.8, 4) is 5.75 Å². The van der Waals surface area contributed by atoms with Crippen molar-refractivity contribution in [3.05, 3.63) is 33.4 Å². The molecule has 1 aromatic rings. The van der Waals surface area contributed by atoms with Gasteiger partial charge in [0, 0.05) is 6.07 Å². The maximum Gasteiger partial charge on any atom is 0.336 e. The molecule has 1 aromatic carbocycles. The van der Waals surface area contributed by atoms with E-state index in [2.05, 4.69) is 0 Å². The van der Waals surface area contributed by atoms with Crippen LogP contribution in [0.25, 0.3) is 0 Å². The van der Waals surface area contributed by atoms with Gasteiger partial charge in [0.15, 0.2) is 0 Å². The van der Waals surface area contributed by atoms with E-state index in [0.29, 0.717) is 23.8 Å². The Labute approximate surface area is 122 Å². The molecule has 21 heavy (non-hydrogen) atoms. The number of hydrogen-bond donors (Lipinski definition) is 1. The molecule has 0 heterocycles. The first-order chi connectivity index (χ1) is 9.99. The van der Waals surface area contributed by atoms with Gasteiger partial charge in [0.1, 0.15) is 5.75 Å². The highest BCUT2D eigenvalue weighted by molar-refractivity contribution is 5.89. The molecule has 1 N–H and O–H groups in total. The maximum absolute atomic E-state index is 11.1. The van der Waals surface area contributed by atoms with Crippen LogP contribution in [0.3, 0.4) is 0 Å². The summed E-state index contributed by atoms with van der Waals surface area (Å²) in [5.74, 6) is -0.446. The molecule has 0 saturated heterocycles. The summed E-state index contributed by atoms with van der Waals surface area (Å²) in [5, 5.41) is 20.1. The zero-order chi connectivity index (χ0) is 15.4. The van der Waals surface area contributed by atoms with Crippen LogP contribution < -0.4 is 4.74 Å². The second kappa shape index (κ2) is 6.56. The molecule has 6 nitrogen and oxygen atoms in total. The second-order valence-electron chi connectivity index (χ2n) is 5.50. The summed E-state index contributed by atoms with van der Waals surface area (Å²) in [6.07, 6.45) is 5.81. The van der Waals surface area contributed by atoms with Crippen LogP contribution >= 0.6 is 0 Å². The van der Waals surface area contributed by atoms with Crippen LogP contribution in [0.2, 0.25) is 0 Å². The summed E-state index contributed by atoms with van der Waals surface area (Å²) in [7, 11) is 0. The van der Waals surface area contributed by atoms with Crippen LogP contribution in [0.5, 0.6) is 5.75 Å². The number of hydrogen-bond acceptors (Lipinski definition) is 4. The predicted octanol–water partition coefficient (Wildman–Crippen LogP) is 3.56. The van der Waals surface area contributed by atoms with Gasteiger partial charge in [0.25, 0.3) is 5.69 Å². The van der Waals surface area contributed by atoms with E-state index in [9.17, 15) is 14.9 Å². The summed E-state index contributed by atoms with van der Waals surface area (Å²) in [4.78, 5) is 21.5. The topological polar surface area (TPSA) is 89.7 Å². The number of rotatable bonds is 5. The SMILES string of the molecule is Cc1c(OCC2CCCCC2)cc(C(=O)O)cc1[N+](=O)[O-]. The van der Waals surface area contributed by atoms with Crippen LogP contribution in [-0.2, 0) is 0 Å². The van der Waals surface area contributed by atoms with Crippen LogP contribution in [0.1, 0.15) is 48.0 Å². The van der Waals surface area contributed by atoms with Gasteiger partial charge in [0.2, 0.25) is 0 Å². The Bertz CT molecular complexity index is 549. The molecule has 1 fully saturated rings. The lowest BCUT2D eigenvalue weighted by Gasteiger charge is -2.22. The average molecular weight is 293 g/mol. The standard InChI is InChI=1S/C15H19NO5/c1-10-13(16(19)20)7-12(15(17)18)8-14(10)21-9-11-5-3-2-4-6-11/h7-8,11H,2-6,9H2,1H3,(H,17,18). The van der Waals surface area contributed by atoms with Crippen LogP contribution in [-0.4, -0.2) is 22.6 Å². The highest BCUT2D eigenvalue weighted by Crippen LogP contribution is 2.31. The fourth-order valence-corrected chi connectivity index (χ4v) is 2.70. The Morgan fingerprint density at radius 2 is 2.05 bits per heavy atom. The van der Waals surface area contributed by atoms with Crippen LogP contribution in [0, 0.1) is 23.0 Å². The van der Waals surface area contributed by atoms with Gasteiger partial charge in [-0.25, -0.2) is 4.79 Å². The number of carboxylic acid groups (broad SMARTS) is 1. The number of carbonyl (C=O) groups is 1. The van der Waals surface area contributed by atoms with E-state index in [0.717, 1.165) is 18.9 Å². The molecule has 0 bridgehead atoms. The fraction of sp³-hybridized carbons (Fsp3) is 0.533. The monoisotopic (exact) mass is 293 g/mol. The molecule has 0 radical (unpaired) electrons. The minimum Gasteiger partial charge on any atom is -0.493 e. The highest BCUT2D eigenvalue weighted by Gasteiger charge is 2.21. The number of nitro benzene ring substituents is 1. The molecule has 0 spiro atoms. The lowest BCUT2D eigenvalue weighted by molar-refractivity contribution is -0.385. The van der Waals surface area contributed by atoms with Crippen molar-refractivity contribution in [2.75, 3.05) is 6.61 Å². The van der Waals surface area contributed by atoms with E-state index in [1.165, 1.54) is 25.3 Å². The minimum atomic E-state index is -1.19. The average Bonchev–Trinajstić information content (AvgIpc) is 2.46. The molecule has 0 aliphatic heterocycles. The number of nitro groups is 1. The van der Waals surface area contributed by atoms with Gasteiger partial charge in [-0.3, -0.25) is 10.1 Å². The highest BCUT2D eigenvalue weighted by atomic mass is 16.6. The number of nitrogens with zero attached hydrogens (tertiary/aromatic N) is 1. The van der Waals surface area contributed by atoms with Crippen molar-refractivity contribution < 1.29 is 19.6 Å². The zero-order valence-electron chi connectivity index (χ0n) is 12.0. The molecule has 2 rings (SSSR count). The van der Waals surface area contributed by atoms with Gasteiger partial charge in [-0.1, -0.05) is 19.3 Å². The Balaban J connectivity index is 2.20. The summed E-state index contributed by atoms with van der Waals surface area (Å²) < 4.78 is 5.69. The van der Waals surface area contributed by atoms with Crippen molar-refractivity contribution in [1.82, 2.24) is 0 Å². The molecular weight excluding hydrogens is 274 g/mol. The molecule has 1 aliphatic rings. The van der Waals surface area contributed by atoms with Crippen LogP contribution in [0.4, 0.5) is 5.69 Å². The molecule has 6 heteroatoms. The van der Waals surface area contributed by atoms with Gasteiger partial charge < -0.3 is 9.84 Å². The Kier molecular flexibility index (Phi) is 4.77. The third kappa shape index (κ3) is 3.71. The van der Waals surface area contributed by atoms with E-state index in [-0.39, 0.29) is 11.3 Å². The van der Waals surface area contributed by atoms with Crippen molar-refractivity contribution >= 4 is 11.7 Å². The minimum absolute atomic E-state index is 0.119. The molecule has 0 amide bonds. The first-order valence-corrected chi connectivity index (χ1v) is 7.14. The van der Waals surface area contributed by atoms with Gasteiger partial charge in [-0.2, -0.15) is 0 Å². The Hall–Kier alpha value is -2.11. The Morgan fingerprint density at radius 3 is 2.62 bits per heavy atom. The number of carboxylic acids is 1. The molecule has 1 saturated carbocycles. The first-order valence-electron chi connectivity index (χ1n) is 7.14. The molecular formula is C15H19NO5. The molecule has 1 aliphatic carbocycles. The van der Waals surface area contributed by atoms with Crippen molar-refractivity contribution in [3.63, 3.8) is 0 Å². The smallest absolute Gasteiger partial charge is 0.336 e. The zero-order valence-corrected chi connectivity index (χ0v) is 12.0. The molecule has 114 valence electrons.